The lowest BCUT2D eigenvalue weighted by Gasteiger charge is -2.17. The van der Waals surface area contributed by atoms with Crippen LogP contribution in [0.25, 0.3) is 0 Å². The summed E-state index contributed by atoms with van der Waals surface area (Å²) in [5.41, 5.74) is 7.46. The second-order valence-corrected chi connectivity index (χ2v) is 4.07. The van der Waals surface area contributed by atoms with Crippen LogP contribution in [-0.4, -0.2) is 19.6 Å². The Kier molecular flexibility index (Phi) is 7.39. The number of hydrogen-bond acceptors (Lipinski definition) is 3. The summed E-state index contributed by atoms with van der Waals surface area (Å²) < 4.78 is 5.29. The molecule has 4 nitrogen and oxygen atoms in total. The van der Waals surface area contributed by atoms with Crippen LogP contribution in [0.15, 0.2) is 18.2 Å². The number of nitrogens with two attached hydrogens (primary N) is 1. The van der Waals surface area contributed by atoms with Crippen molar-refractivity contribution in [3.63, 3.8) is 0 Å². The Morgan fingerprint density at radius 2 is 2.17 bits per heavy atom. The van der Waals surface area contributed by atoms with Gasteiger partial charge in [0, 0.05) is 18.5 Å². The van der Waals surface area contributed by atoms with E-state index in [1.165, 1.54) is 0 Å². The van der Waals surface area contributed by atoms with Crippen LogP contribution in [0.5, 0.6) is 5.75 Å². The summed E-state index contributed by atoms with van der Waals surface area (Å²) in [5, 5.41) is 2.90. The predicted octanol–water partition coefficient (Wildman–Crippen LogP) is 1.95. The van der Waals surface area contributed by atoms with Gasteiger partial charge in [0.25, 0.3) is 0 Å². The van der Waals surface area contributed by atoms with Crippen LogP contribution in [0.4, 0.5) is 0 Å². The van der Waals surface area contributed by atoms with Crippen LogP contribution >= 0.6 is 12.4 Å². The Bertz CT molecular complexity index is 397. The van der Waals surface area contributed by atoms with E-state index in [4.69, 9.17) is 10.5 Å². The fourth-order valence-corrected chi connectivity index (χ4v) is 1.71. The molecule has 0 spiro atoms. The van der Waals surface area contributed by atoms with E-state index in [9.17, 15) is 4.79 Å². The molecule has 0 aliphatic rings. The molecule has 0 heterocycles. The second kappa shape index (κ2) is 7.95. The molecule has 1 atom stereocenters. The maximum absolute atomic E-state index is 11.5. The SMILES string of the molecule is COc1ccc(C)cc1C(C)NC(=O)CCN.Cl. The molecule has 102 valence electrons. The van der Waals surface area contributed by atoms with E-state index in [2.05, 4.69) is 5.32 Å². The Labute approximate surface area is 114 Å². The van der Waals surface area contributed by atoms with Gasteiger partial charge in [-0.3, -0.25) is 4.79 Å². The third-order valence-corrected chi connectivity index (χ3v) is 2.60. The van der Waals surface area contributed by atoms with Gasteiger partial charge in [-0.05, 0) is 19.9 Å². The summed E-state index contributed by atoms with van der Waals surface area (Å²) in [5.74, 6) is 0.750. The van der Waals surface area contributed by atoms with Crippen molar-refractivity contribution in [2.45, 2.75) is 26.3 Å². The number of aryl methyl sites for hydroxylation is 1. The normalized spacial score (nSPS) is 11.3. The average molecular weight is 273 g/mol. The fourth-order valence-electron chi connectivity index (χ4n) is 1.71. The molecule has 0 radical (unpaired) electrons. The Hall–Kier alpha value is -1.26. The molecule has 0 aliphatic heterocycles. The molecular weight excluding hydrogens is 252 g/mol. The van der Waals surface area contributed by atoms with Crippen LogP contribution in [0.3, 0.4) is 0 Å². The topological polar surface area (TPSA) is 64.3 Å². The van der Waals surface area contributed by atoms with Crippen molar-refractivity contribution in [1.29, 1.82) is 0 Å². The van der Waals surface area contributed by atoms with Gasteiger partial charge >= 0.3 is 0 Å². The highest BCUT2D eigenvalue weighted by Gasteiger charge is 2.13. The first kappa shape index (κ1) is 16.7. The standard InChI is InChI=1S/C13H20N2O2.ClH/c1-9-4-5-12(17-3)11(8-9)10(2)15-13(16)6-7-14;/h4-5,8,10H,6-7,14H2,1-3H3,(H,15,16);1H. The quantitative estimate of drug-likeness (QED) is 0.861. The van der Waals surface area contributed by atoms with Gasteiger partial charge in [0.1, 0.15) is 5.75 Å². The summed E-state index contributed by atoms with van der Waals surface area (Å²) in [4.78, 5) is 11.5. The Morgan fingerprint density at radius 3 is 2.72 bits per heavy atom. The molecule has 3 N–H and O–H groups in total. The predicted molar refractivity (Wildman–Crippen MR) is 75.2 cm³/mol. The minimum atomic E-state index is -0.0797. The van der Waals surface area contributed by atoms with Crippen molar-refractivity contribution >= 4 is 18.3 Å². The molecule has 0 saturated carbocycles. The van der Waals surface area contributed by atoms with Crippen molar-refractivity contribution < 1.29 is 9.53 Å². The highest BCUT2D eigenvalue weighted by molar-refractivity contribution is 5.85. The third-order valence-electron chi connectivity index (χ3n) is 2.60. The van der Waals surface area contributed by atoms with Gasteiger partial charge in [-0.2, -0.15) is 0 Å². The number of rotatable bonds is 5. The minimum absolute atomic E-state index is 0. The van der Waals surface area contributed by atoms with E-state index in [-0.39, 0.29) is 24.4 Å². The first-order chi connectivity index (χ1) is 8.08. The summed E-state index contributed by atoms with van der Waals surface area (Å²) in [6.45, 7) is 4.31. The van der Waals surface area contributed by atoms with E-state index in [1.807, 2.05) is 32.0 Å². The molecule has 1 aromatic carbocycles. The fraction of sp³-hybridized carbons (Fsp3) is 0.462. The largest absolute Gasteiger partial charge is 0.496 e. The monoisotopic (exact) mass is 272 g/mol. The Morgan fingerprint density at radius 1 is 1.50 bits per heavy atom. The molecule has 1 amide bonds. The smallest absolute Gasteiger partial charge is 0.221 e. The number of carbonyl (C=O) groups excluding carboxylic acids is 1. The summed E-state index contributed by atoms with van der Waals surface area (Å²) in [6.07, 6.45) is 0.346. The van der Waals surface area contributed by atoms with Crippen molar-refractivity contribution in [2.75, 3.05) is 13.7 Å². The zero-order valence-corrected chi connectivity index (χ0v) is 11.8. The number of nitrogens with one attached hydrogen (secondary N) is 1. The number of methoxy groups -OCH3 is 1. The van der Waals surface area contributed by atoms with E-state index >= 15 is 0 Å². The van der Waals surface area contributed by atoms with Crippen molar-refractivity contribution in [2.24, 2.45) is 5.73 Å². The molecule has 0 aromatic heterocycles. The van der Waals surface area contributed by atoms with Gasteiger partial charge in [0.15, 0.2) is 0 Å². The first-order valence-corrected chi connectivity index (χ1v) is 5.72. The zero-order chi connectivity index (χ0) is 12.8. The summed E-state index contributed by atoms with van der Waals surface area (Å²) >= 11 is 0. The summed E-state index contributed by atoms with van der Waals surface area (Å²) in [6, 6.07) is 5.84. The molecule has 0 aliphatic carbocycles. The van der Waals surface area contributed by atoms with Gasteiger partial charge in [-0.25, -0.2) is 0 Å². The number of halogens is 1. The molecule has 0 fully saturated rings. The molecule has 5 heteroatoms. The van der Waals surface area contributed by atoms with Crippen LogP contribution in [0.1, 0.15) is 30.5 Å². The average Bonchev–Trinajstić information content (AvgIpc) is 2.29. The van der Waals surface area contributed by atoms with Crippen molar-refractivity contribution in [3.8, 4) is 5.75 Å². The van der Waals surface area contributed by atoms with E-state index in [1.54, 1.807) is 7.11 Å². The van der Waals surface area contributed by atoms with Gasteiger partial charge in [-0.1, -0.05) is 17.7 Å². The van der Waals surface area contributed by atoms with E-state index in [0.717, 1.165) is 16.9 Å². The van der Waals surface area contributed by atoms with Gasteiger partial charge < -0.3 is 15.8 Å². The molecule has 18 heavy (non-hydrogen) atoms. The van der Waals surface area contributed by atoms with Gasteiger partial charge in [0.2, 0.25) is 5.91 Å². The molecule has 0 saturated heterocycles. The minimum Gasteiger partial charge on any atom is -0.496 e. The number of carbonyl (C=O) groups is 1. The molecule has 1 rings (SSSR count). The van der Waals surface area contributed by atoms with Crippen LogP contribution in [-0.2, 0) is 4.79 Å². The van der Waals surface area contributed by atoms with Crippen LogP contribution in [0.2, 0.25) is 0 Å². The van der Waals surface area contributed by atoms with Gasteiger partial charge in [-0.15, -0.1) is 12.4 Å². The van der Waals surface area contributed by atoms with E-state index in [0.29, 0.717) is 13.0 Å². The maximum atomic E-state index is 11.5. The summed E-state index contributed by atoms with van der Waals surface area (Å²) in [7, 11) is 1.63. The molecular formula is C13H21ClN2O2. The number of ether oxygens (including phenoxy) is 1. The van der Waals surface area contributed by atoms with Crippen LogP contribution in [0, 0.1) is 6.92 Å². The number of hydrogen-bond donors (Lipinski definition) is 2. The second-order valence-electron chi connectivity index (χ2n) is 4.07. The van der Waals surface area contributed by atoms with Gasteiger partial charge in [0.05, 0.1) is 13.2 Å². The molecule has 1 aromatic rings. The number of amides is 1. The number of benzene rings is 1. The first-order valence-electron chi connectivity index (χ1n) is 5.72. The molecule has 0 bridgehead atoms. The maximum Gasteiger partial charge on any atom is 0.221 e. The third kappa shape index (κ3) is 4.55. The van der Waals surface area contributed by atoms with E-state index < -0.39 is 0 Å². The Balaban J connectivity index is 0.00000289. The molecule has 1 unspecified atom stereocenters. The van der Waals surface area contributed by atoms with Crippen molar-refractivity contribution in [1.82, 2.24) is 5.32 Å². The van der Waals surface area contributed by atoms with Crippen LogP contribution < -0.4 is 15.8 Å². The highest BCUT2D eigenvalue weighted by Crippen LogP contribution is 2.25. The lowest BCUT2D eigenvalue weighted by atomic mass is 10.0. The highest BCUT2D eigenvalue weighted by atomic mass is 35.5. The zero-order valence-electron chi connectivity index (χ0n) is 11.0. The lowest BCUT2D eigenvalue weighted by molar-refractivity contribution is -0.121. The lowest BCUT2D eigenvalue weighted by Crippen LogP contribution is -2.28. The van der Waals surface area contributed by atoms with Crippen molar-refractivity contribution in [3.05, 3.63) is 29.3 Å².